The first kappa shape index (κ1) is 87.4. The van der Waals surface area contributed by atoms with Gasteiger partial charge in [0.25, 0.3) is 35.5 Å². The summed E-state index contributed by atoms with van der Waals surface area (Å²) < 4.78 is 187. The Labute approximate surface area is 796 Å². The van der Waals surface area contributed by atoms with Gasteiger partial charge in [-0.3, -0.25) is 57.8 Å². The summed E-state index contributed by atoms with van der Waals surface area (Å²) in [6.07, 6.45) is -0.640. The van der Waals surface area contributed by atoms with Gasteiger partial charge < -0.3 is 47.9 Å². The maximum atomic E-state index is 15.9. The van der Waals surface area contributed by atoms with Gasteiger partial charge >= 0.3 is 6.16 Å². The summed E-state index contributed by atoms with van der Waals surface area (Å²) >= 11 is 4.07. The monoisotopic (exact) mass is 1940 g/mol. The number of halogens is 9. The van der Waals surface area contributed by atoms with Crippen molar-refractivity contribution in [2.45, 2.75) is 93.8 Å². The number of pyridine rings is 3. The minimum atomic E-state index is -3.47. The molecule has 702 valence electrons. The Morgan fingerprint density at radius 3 is 1.02 bits per heavy atom. The van der Waals surface area contributed by atoms with Gasteiger partial charge in [-0.1, -0.05) is 152 Å². The number of fused-ring (bicyclic) bond motifs is 12. The molecule has 14 aromatic rings. The zero-order valence-electron chi connectivity index (χ0n) is 73.3. The van der Waals surface area contributed by atoms with E-state index in [0.29, 0.717) is 55.6 Å². The van der Waals surface area contributed by atoms with Crippen molar-refractivity contribution in [1.29, 1.82) is 0 Å². The molecule has 0 N–H and O–H groups in total. The predicted octanol–water partition coefficient (Wildman–Crippen LogP) is 18.3. The molecule has 12 aliphatic rings. The third kappa shape index (κ3) is 13.6. The number of aromatic nitrogens is 3. The lowest BCUT2D eigenvalue weighted by atomic mass is 9.80. The van der Waals surface area contributed by atoms with E-state index in [1.807, 2.05) is 143 Å². The first-order valence-electron chi connectivity index (χ1n) is 45.1. The summed E-state index contributed by atoms with van der Waals surface area (Å²) in [7, 11) is 0. The summed E-state index contributed by atoms with van der Waals surface area (Å²) in [5.41, 5.74) is 7.68. The third-order valence-corrected chi connectivity index (χ3v) is 31.0. The number of thiophene rings is 3. The standard InChI is InChI=1S/2C36H26F3N3O4S.C32H24F3N3O6S/c2*37-25-11-10-24-29-28-21(16-36(38,39)30(25)29)19-47-34(28)23-9-5-4-8-22(23)31(24)42-27-18-45-15-14-40(27)35(44)32-33(26(43)12-13-41(32)42)46-17-20-6-2-1-3-7-20;1-2-43-31(41)44-28-21(39)9-10-37-27(28)30(40)36-11-12-42-14-22(36)38(37)26-17-5-3-4-6-18(17)29-23-16(15-45-29)13-32(34,35)25-20(33)8-7-19(26)24(23)25/h2*1-13,19,27,31H,14-18H2;3-10,15,22,26H,2,11-14H2,1H3/t27-,31-;;/m1../s1. The number of rotatable bonds is 11. The summed E-state index contributed by atoms with van der Waals surface area (Å²) in [4.78, 5) is 102. The van der Waals surface area contributed by atoms with Gasteiger partial charge in [0.2, 0.25) is 22.0 Å². The molecule has 3 saturated heterocycles. The molecule has 6 atom stereocenters. The Morgan fingerprint density at radius 2 is 0.691 bits per heavy atom. The average Bonchev–Trinajstić information content (AvgIpc) is 1.56. The van der Waals surface area contributed by atoms with Gasteiger partial charge in [0, 0.05) is 124 Å². The lowest BCUT2D eigenvalue weighted by Gasteiger charge is -2.51. The van der Waals surface area contributed by atoms with Crippen molar-refractivity contribution >= 4 is 57.9 Å². The Bertz CT molecular complexity index is 7430. The lowest BCUT2D eigenvalue weighted by Crippen LogP contribution is -2.66. The van der Waals surface area contributed by atoms with Gasteiger partial charge in [0.1, 0.15) is 49.2 Å². The van der Waals surface area contributed by atoms with Crippen LogP contribution in [0.4, 0.5) is 44.3 Å². The molecule has 0 spiro atoms. The van der Waals surface area contributed by atoms with Crippen molar-refractivity contribution in [3.05, 3.63) is 366 Å². The molecule has 12 heterocycles. The highest BCUT2D eigenvalue weighted by molar-refractivity contribution is 7.15. The molecule has 3 fully saturated rings. The second kappa shape index (κ2) is 33.2. The van der Waals surface area contributed by atoms with Crippen molar-refractivity contribution in [2.75, 3.05) is 80.9 Å². The number of morpholine rings is 3. The van der Waals surface area contributed by atoms with Crippen LogP contribution in [0.2, 0.25) is 0 Å². The van der Waals surface area contributed by atoms with E-state index in [1.54, 1.807) is 59.4 Å². The molecule has 0 saturated carbocycles. The smallest absolute Gasteiger partial charge is 0.482 e. The van der Waals surface area contributed by atoms with E-state index < -0.39 is 154 Å². The minimum Gasteiger partial charge on any atom is -0.482 e. The Hall–Kier alpha value is -14.4. The number of carbonyl (C=O) groups excluding carboxylic acids is 4. The van der Waals surface area contributed by atoms with E-state index >= 15 is 39.5 Å². The Balaban J connectivity index is 0.000000113. The quantitative estimate of drug-likeness (QED) is 0.0868. The number of amides is 3. The van der Waals surface area contributed by atoms with Crippen LogP contribution < -0.4 is 45.5 Å². The molecule has 0 bridgehead atoms. The molecule has 6 aliphatic heterocycles. The zero-order valence-corrected chi connectivity index (χ0v) is 75.7. The number of hydrogen-bond donors (Lipinski definition) is 0. The summed E-state index contributed by atoms with van der Waals surface area (Å²) in [6, 6.07) is 50.8. The van der Waals surface area contributed by atoms with Gasteiger partial charge in [-0.25, -0.2) is 44.3 Å². The summed E-state index contributed by atoms with van der Waals surface area (Å²) in [5.74, 6) is -15.4. The highest BCUT2D eigenvalue weighted by Gasteiger charge is 2.57. The van der Waals surface area contributed by atoms with Gasteiger partial charge in [0.05, 0.1) is 81.1 Å². The Morgan fingerprint density at radius 1 is 0.381 bits per heavy atom. The topological polar surface area (TPSA) is 218 Å². The maximum absolute atomic E-state index is 15.9. The molecular formula is C104H76F9N9O14S3. The van der Waals surface area contributed by atoms with Crippen LogP contribution in [0, 0.1) is 17.5 Å². The number of ether oxygens (including phenoxy) is 7. The van der Waals surface area contributed by atoms with E-state index in [9.17, 15) is 33.6 Å². The van der Waals surface area contributed by atoms with Crippen LogP contribution in [0.15, 0.2) is 237 Å². The fourth-order valence-electron chi connectivity index (χ4n) is 22.1. The molecular weight excluding hydrogens is 1870 g/mol. The van der Waals surface area contributed by atoms with Crippen molar-refractivity contribution in [3.63, 3.8) is 0 Å². The fraction of sp³-hybridized carbons (Fsp3) is 0.240. The zero-order chi connectivity index (χ0) is 95.2. The predicted molar refractivity (Wildman–Crippen MR) is 497 cm³/mol. The second-order valence-electron chi connectivity index (χ2n) is 35.4. The first-order valence-corrected chi connectivity index (χ1v) is 47.7. The number of benzene rings is 8. The van der Waals surface area contributed by atoms with Gasteiger partial charge in [-0.05, 0) is 119 Å². The number of nitrogens with zero attached hydrogens (tertiary/aromatic N) is 9. The van der Waals surface area contributed by atoms with Crippen molar-refractivity contribution in [3.8, 4) is 82.0 Å². The van der Waals surface area contributed by atoms with E-state index in [4.69, 9.17) is 33.2 Å². The van der Waals surface area contributed by atoms with E-state index in [2.05, 4.69) is 0 Å². The summed E-state index contributed by atoms with van der Waals surface area (Å²) in [6.45, 7) is 3.38. The molecule has 35 heteroatoms. The number of hydrogen-bond acceptors (Lipinski definition) is 20. The maximum Gasteiger partial charge on any atom is 0.514 e. The van der Waals surface area contributed by atoms with E-state index in [-0.39, 0.29) is 124 Å². The molecule has 3 amide bonds. The molecule has 0 radical (unpaired) electrons. The van der Waals surface area contributed by atoms with Crippen LogP contribution in [-0.4, -0.2) is 137 Å². The second-order valence-corrected chi connectivity index (χ2v) is 38.0. The van der Waals surface area contributed by atoms with E-state index in [0.717, 1.165) is 77.8 Å². The number of carbonyl (C=O) groups is 4. The molecule has 26 rings (SSSR count). The van der Waals surface area contributed by atoms with Crippen LogP contribution in [-0.2, 0) is 69.2 Å². The van der Waals surface area contributed by atoms with Crippen LogP contribution in [0.3, 0.4) is 0 Å². The highest BCUT2D eigenvalue weighted by Crippen LogP contribution is 2.63. The van der Waals surface area contributed by atoms with Crippen LogP contribution in [0.5, 0.6) is 17.2 Å². The highest BCUT2D eigenvalue weighted by atomic mass is 32.1. The molecule has 8 aromatic carbocycles. The van der Waals surface area contributed by atoms with Crippen LogP contribution >= 0.6 is 34.0 Å². The van der Waals surface area contributed by atoms with Crippen molar-refractivity contribution < 1.29 is 91.8 Å². The SMILES string of the molecule is CCOC(=O)Oc1c2n(ccc1=O)N(C1c3ccccc3-c3scc4c3-c3c1ccc(F)c3C(F)(F)C4)C1COCCN1C2=O.O=C1c2c(OCc3ccccc3)c(=O)ccn2N(C2c3ccccc3-c3scc4c3-c3c2ccc(F)c3C(F)(F)C4)C2COCCN12.O=C1c2c(OCc3ccccc3)c(=O)ccn2N([C@@H]2c3ccccc3-c3scc4c3-c3c2ccc(F)c3C(F)(F)C4)[C@@H]2COCCN12. The van der Waals surface area contributed by atoms with Gasteiger partial charge in [-0.2, -0.15) is 0 Å². The molecule has 23 nitrogen and oxygen atoms in total. The van der Waals surface area contributed by atoms with Gasteiger partial charge in [0.15, 0.2) is 28.6 Å². The molecule has 139 heavy (non-hydrogen) atoms. The lowest BCUT2D eigenvalue weighted by molar-refractivity contribution is -0.0200. The number of alkyl halides is 6. The van der Waals surface area contributed by atoms with Gasteiger partial charge in [-0.15, -0.1) is 34.0 Å². The van der Waals surface area contributed by atoms with Crippen molar-refractivity contribution in [1.82, 2.24) is 28.7 Å². The average molecular weight is 1940 g/mol. The fourth-order valence-corrected chi connectivity index (χ4v) is 25.5. The van der Waals surface area contributed by atoms with Crippen LogP contribution in [0.1, 0.15) is 134 Å². The minimum absolute atomic E-state index is 0.0217. The molecule has 6 aromatic heterocycles. The third-order valence-electron chi connectivity index (χ3n) is 27.8. The largest absolute Gasteiger partial charge is 0.514 e. The first-order chi connectivity index (χ1) is 67.4. The Kier molecular flexibility index (Phi) is 20.9. The molecule has 6 aliphatic carbocycles. The van der Waals surface area contributed by atoms with Crippen molar-refractivity contribution in [2.24, 2.45) is 0 Å². The summed E-state index contributed by atoms with van der Waals surface area (Å²) in [5, 5.41) is 10.8. The normalized spacial score (nSPS) is 20.2. The van der Waals surface area contributed by atoms with E-state index in [1.165, 1.54) is 80.4 Å². The molecule has 4 unspecified atom stereocenters. The van der Waals surface area contributed by atoms with Crippen LogP contribution in [0.25, 0.3) is 64.7 Å².